The predicted octanol–water partition coefficient (Wildman–Crippen LogP) is 3.22. The van der Waals surface area contributed by atoms with E-state index in [2.05, 4.69) is 15.6 Å². The third-order valence-corrected chi connectivity index (χ3v) is 5.66. The van der Waals surface area contributed by atoms with E-state index in [-0.39, 0.29) is 41.7 Å². The zero-order chi connectivity index (χ0) is 21.9. The maximum absolute atomic E-state index is 12.1. The maximum Gasteiger partial charge on any atom is 0.269 e. The van der Waals surface area contributed by atoms with E-state index in [1.54, 1.807) is 12.1 Å². The number of halogens is 1. The minimum absolute atomic E-state index is 0. The van der Waals surface area contributed by atoms with Crippen molar-refractivity contribution < 1.29 is 14.5 Å². The van der Waals surface area contributed by atoms with Crippen LogP contribution in [0.4, 0.5) is 5.69 Å². The molecule has 0 saturated carbocycles. The molecule has 2 fully saturated rings. The Labute approximate surface area is 206 Å². The van der Waals surface area contributed by atoms with Gasteiger partial charge in [0, 0.05) is 51.3 Å². The van der Waals surface area contributed by atoms with E-state index in [1.165, 1.54) is 12.1 Å². The molecule has 1 unspecified atom stereocenters. The Bertz CT molecular complexity index is 753. The van der Waals surface area contributed by atoms with Gasteiger partial charge in [0.25, 0.3) is 5.69 Å². The summed E-state index contributed by atoms with van der Waals surface area (Å²) in [4.78, 5) is 29.1. The highest BCUT2D eigenvalue weighted by atomic mass is 127. The Morgan fingerprint density at radius 2 is 2.00 bits per heavy atom. The fourth-order valence-electron chi connectivity index (χ4n) is 3.84. The molecule has 2 saturated heterocycles. The van der Waals surface area contributed by atoms with Crippen LogP contribution in [0.5, 0.6) is 0 Å². The predicted molar refractivity (Wildman–Crippen MR) is 134 cm³/mol. The molecular formula is C22H34IN5O4. The van der Waals surface area contributed by atoms with E-state index >= 15 is 0 Å². The Morgan fingerprint density at radius 1 is 1.19 bits per heavy atom. The minimum Gasteiger partial charge on any atom is -0.376 e. The summed E-state index contributed by atoms with van der Waals surface area (Å²) in [6, 6.07) is 6.44. The maximum atomic E-state index is 12.1. The summed E-state index contributed by atoms with van der Waals surface area (Å²) in [5, 5.41) is 17.5. The SMILES string of the molecule is I.O=C1CCCCCN1CCCNC(=NCc1ccc([N+](=O)[O-])cc1)NCC1CCCO1. The van der Waals surface area contributed by atoms with Crippen molar-refractivity contribution >= 4 is 41.5 Å². The fraction of sp³-hybridized carbons (Fsp3) is 0.636. The number of guanidine groups is 1. The molecule has 0 radical (unpaired) electrons. The number of amides is 1. The first-order valence-corrected chi connectivity index (χ1v) is 11.3. The van der Waals surface area contributed by atoms with Crippen LogP contribution in [-0.4, -0.2) is 60.6 Å². The Kier molecular flexibility index (Phi) is 11.7. The van der Waals surface area contributed by atoms with E-state index in [0.717, 1.165) is 63.8 Å². The monoisotopic (exact) mass is 559 g/mol. The molecule has 9 nitrogen and oxygen atoms in total. The molecule has 1 aromatic rings. The van der Waals surface area contributed by atoms with E-state index < -0.39 is 4.92 Å². The van der Waals surface area contributed by atoms with Gasteiger partial charge in [0.1, 0.15) is 0 Å². The van der Waals surface area contributed by atoms with Gasteiger partial charge in [-0.2, -0.15) is 0 Å². The lowest BCUT2D eigenvalue weighted by Crippen LogP contribution is -2.42. The van der Waals surface area contributed by atoms with Crippen molar-refractivity contribution in [1.82, 2.24) is 15.5 Å². The van der Waals surface area contributed by atoms with Crippen molar-refractivity contribution in [3.05, 3.63) is 39.9 Å². The lowest BCUT2D eigenvalue weighted by molar-refractivity contribution is -0.384. The van der Waals surface area contributed by atoms with Gasteiger partial charge >= 0.3 is 0 Å². The normalized spacial score (nSPS) is 19.2. The number of rotatable bonds is 9. The zero-order valence-corrected chi connectivity index (χ0v) is 20.8. The number of non-ortho nitro benzene ring substituents is 1. The van der Waals surface area contributed by atoms with Crippen molar-refractivity contribution in [2.24, 2.45) is 4.99 Å². The van der Waals surface area contributed by atoms with Crippen molar-refractivity contribution in [3.63, 3.8) is 0 Å². The second-order valence-electron chi connectivity index (χ2n) is 8.08. The average Bonchev–Trinajstić information content (AvgIpc) is 3.21. The lowest BCUT2D eigenvalue weighted by Gasteiger charge is -2.21. The van der Waals surface area contributed by atoms with E-state index in [4.69, 9.17) is 4.74 Å². The van der Waals surface area contributed by atoms with Gasteiger partial charge in [0.2, 0.25) is 5.91 Å². The lowest BCUT2D eigenvalue weighted by atomic mass is 10.2. The number of carbonyl (C=O) groups is 1. The molecule has 2 N–H and O–H groups in total. The Hall–Kier alpha value is -1.95. The molecule has 0 spiro atoms. The summed E-state index contributed by atoms with van der Waals surface area (Å²) in [5.41, 5.74) is 0.977. The number of carbonyl (C=O) groups excluding carboxylic acids is 1. The van der Waals surface area contributed by atoms with Crippen molar-refractivity contribution in [2.45, 2.75) is 57.6 Å². The van der Waals surface area contributed by atoms with E-state index in [9.17, 15) is 14.9 Å². The third-order valence-electron chi connectivity index (χ3n) is 5.66. The quantitative estimate of drug-likeness (QED) is 0.120. The third kappa shape index (κ3) is 8.89. The van der Waals surface area contributed by atoms with E-state index in [1.807, 2.05) is 4.90 Å². The Morgan fingerprint density at radius 3 is 2.72 bits per heavy atom. The van der Waals surface area contributed by atoms with Crippen LogP contribution in [0.25, 0.3) is 0 Å². The molecule has 0 bridgehead atoms. The molecule has 1 amide bonds. The molecule has 1 aromatic carbocycles. The summed E-state index contributed by atoms with van der Waals surface area (Å²) < 4.78 is 5.68. The molecule has 1 atom stereocenters. The number of hydrogen-bond donors (Lipinski definition) is 2. The van der Waals surface area contributed by atoms with Crippen LogP contribution >= 0.6 is 24.0 Å². The molecule has 32 heavy (non-hydrogen) atoms. The smallest absolute Gasteiger partial charge is 0.269 e. The standard InChI is InChI=1S/C22H33N5O4.HI/c28-21-7-2-1-3-13-26(21)14-5-12-23-22(25-17-20-6-4-15-31-20)24-16-18-8-10-19(11-9-18)27(29)30;/h8-11,20H,1-7,12-17H2,(H2,23,24,25);1H. The first-order chi connectivity index (χ1) is 15.1. The second-order valence-corrected chi connectivity index (χ2v) is 8.08. The van der Waals surface area contributed by atoms with Crippen LogP contribution < -0.4 is 10.6 Å². The van der Waals surface area contributed by atoms with Gasteiger partial charge < -0.3 is 20.3 Å². The number of benzene rings is 1. The molecule has 2 aliphatic heterocycles. The molecule has 10 heteroatoms. The minimum atomic E-state index is -0.405. The van der Waals surface area contributed by atoms with Crippen LogP contribution in [0.3, 0.4) is 0 Å². The van der Waals surface area contributed by atoms with Crippen LogP contribution in [0.15, 0.2) is 29.3 Å². The summed E-state index contributed by atoms with van der Waals surface area (Å²) in [6.45, 7) is 4.24. The van der Waals surface area contributed by atoms with Crippen molar-refractivity contribution in [3.8, 4) is 0 Å². The summed E-state index contributed by atoms with van der Waals surface area (Å²) >= 11 is 0. The van der Waals surface area contributed by atoms with Gasteiger partial charge in [-0.1, -0.05) is 18.6 Å². The Balaban J connectivity index is 0.00000363. The van der Waals surface area contributed by atoms with Crippen molar-refractivity contribution in [2.75, 3.05) is 32.8 Å². The average molecular weight is 559 g/mol. The number of nitro benzene ring substituents is 1. The second kappa shape index (κ2) is 14.2. The van der Waals surface area contributed by atoms with Crippen LogP contribution in [0.2, 0.25) is 0 Å². The van der Waals surface area contributed by atoms with Gasteiger partial charge in [0.05, 0.1) is 17.6 Å². The number of likely N-dealkylation sites (tertiary alicyclic amines) is 1. The van der Waals surface area contributed by atoms with Gasteiger partial charge in [-0.3, -0.25) is 14.9 Å². The number of aliphatic imine (C=N–C) groups is 1. The number of nitro groups is 1. The van der Waals surface area contributed by atoms with Gasteiger partial charge in [-0.25, -0.2) is 4.99 Å². The molecule has 178 valence electrons. The first kappa shape index (κ1) is 26.3. The van der Waals surface area contributed by atoms with E-state index in [0.29, 0.717) is 32.0 Å². The summed E-state index contributed by atoms with van der Waals surface area (Å²) in [7, 11) is 0. The van der Waals surface area contributed by atoms with Crippen LogP contribution in [0, 0.1) is 10.1 Å². The van der Waals surface area contributed by atoms with Crippen molar-refractivity contribution in [1.29, 1.82) is 0 Å². The van der Waals surface area contributed by atoms with Gasteiger partial charge in [0.15, 0.2) is 5.96 Å². The first-order valence-electron chi connectivity index (χ1n) is 11.3. The summed E-state index contributed by atoms with van der Waals surface area (Å²) in [6.07, 6.45) is 7.05. The number of ether oxygens (including phenoxy) is 1. The fourth-order valence-corrected chi connectivity index (χ4v) is 3.84. The van der Waals surface area contributed by atoms with Crippen LogP contribution in [-0.2, 0) is 16.1 Å². The number of nitrogens with zero attached hydrogens (tertiary/aromatic N) is 3. The van der Waals surface area contributed by atoms with Gasteiger partial charge in [-0.15, -0.1) is 24.0 Å². The largest absolute Gasteiger partial charge is 0.376 e. The molecule has 0 aromatic heterocycles. The highest BCUT2D eigenvalue weighted by molar-refractivity contribution is 14.0. The molecule has 2 aliphatic rings. The van der Waals surface area contributed by atoms with Gasteiger partial charge in [-0.05, 0) is 37.7 Å². The molecule has 0 aliphatic carbocycles. The highest BCUT2D eigenvalue weighted by Gasteiger charge is 2.17. The molecule has 2 heterocycles. The number of nitrogens with one attached hydrogen (secondary N) is 2. The molecule has 3 rings (SSSR count). The molecular weight excluding hydrogens is 525 g/mol. The van der Waals surface area contributed by atoms with Crippen LogP contribution in [0.1, 0.15) is 50.5 Å². The summed E-state index contributed by atoms with van der Waals surface area (Å²) in [5.74, 6) is 0.956. The highest BCUT2D eigenvalue weighted by Crippen LogP contribution is 2.13. The topological polar surface area (TPSA) is 109 Å². The number of hydrogen-bond acceptors (Lipinski definition) is 5. The zero-order valence-electron chi connectivity index (χ0n) is 18.5.